The zero-order valence-corrected chi connectivity index (χ0v) is 23.7. The summed E-state index contributed by atoms with van der Waals surface area (Å²) in [6, 6.07) is 24.5. The first-order chi connectivity index (χ1) is 18.6. The molecule has 0 aromatic heterocycles. The maximum absolute atomic E-state index is 13.6. The molecule has 0 radical (unpaired) electrons. The molecule has 0 aliphatic carbocycles. The highest BCUT2D eigenvalue weighted by atomic mass is 32.2. The number of carbonyl (C=O) groups is 2. The first kappa shape index (κ1) is 29.7. The standard InChI is InChI=1S/C30H37N3O5S/c1-5-23(2)31-30(35)24(3)32(21-20-25-12-8-6-9-13-25)29(34)22-33(39(4,36)37)26-16-18-28(19-17-26)38-27-14-10-7-11-15-27/h6-19,23-24H,5,20-22H2,1-4H3,(H,31,35)/t23-,24+/m1/s1. The van der Waals surface area contributed by atoms with E-state index in [0.717, 1.165) is 22.5 Å². The third kappa shape index (κ3) is 8.85. The highest BCUT2D eigenvalue weighted by molar-refractivity contribution is 7.92. The molecular weight excluding hydrogens is 514 g/mol. The molecule has 0 saturated heterocycles. The number of amides is 2. The van der Waals surface area contributed by atoms with Crippen molar-refractivity contribution < 1.29 is 22.7 Å². The van der Waals surface area contributed by atoms with Crippen molar-refractivity contribution in [3.8, 4) is 11.5 Å². The van der Waals surface area contributed by atoms with Gasteiger partial charge >= 0.3 is 0 Å². The lowest BCUT2D eigenvalue weighted by molar-refractivity contribution is -0.139. The predicted octanol–water partition coefficient (Wildman–Crippen LogP) is 4.62. The minimum absolute atomic E-state index is 0.0461. The summed E-state index contributed by atoms with van der Waals surface area (Å²) >= 11 is 0. The van der Waals surface area contributed by atoms with Gasteiger partial charge in [0.15, 0.2) is 0 Å². The van der Waals surface area contributed by atoms with Crippen molar-refractivity contribution >= 4 is 27.5 Å². The molecule has 0 saturated carbocycles. The van der Waals surface area contributed by atoms with E-state index < -0.39 is 28.5 Å². The van der Waals surface area contributed by atoms with Crippen LogP contribution >= 0.6 is 0 Å². The topological polar surface area (TPSA) is 96.0 Å². The van der Waals surface area contributed by atoms with Gasteiger partial charge in [-0.1, -0.05) is 55.5 Å². The van der Waals surface area contributed by atoms with Gasteiger partial charge in [0, 0.05) is 12.6 Å². The molecule has 2 atom stereocenters. The van der Waals surface area contributed by atoms with Crippen molar-refractivity contribution in [3.05, 3.63) is 90.5 Å². The molecule has 1 N–H and O–H groups in total. The number of para-hydroxylation sites is 1. The Bertz CT molecular complexity index is 1320. The summed E-state index contributed by atoms with van der Waals surface area (Å²) in [5.74, 6) is 0.440. The number of nitrogens with zero attached hydrogens (tertiary/aromatic N) is 2. The SMILES string of the molecule is CC[C@@H](C)NC(=O)[C@H](C)N(CCc1ccccc1)C(=O)CN(c1ccc(Oc2ccccc2)cc1)S(C)(=O)=O. The normalized spacial score (nSPS) is 12.7. The lowest BCUT2D eigenvalue weighted by Gasteiger charge is -2.32. The molecule has 0 bridgehead atoms. The number of carbonyl (C=O) groups excluding carboxylic acids is 2. The van der Waals surface area contributed by atoms with Crippen LogP contribution in [0.3, 0.4) is 0 Å². The van der Waals surface area contributed by atoms with Crippen LogP contribution in [-0.2, 0) is 26.0 Å². The maximum Gasteiger partial charge on any atom is 0.244 e. The van der Waals surface area contributed by atoms with E-state index in [1.54, 1.807) is 31.2 Å². The summed E-state index contributed by atoms with van der Waals surface area (Å²) in [5, 5.41) is 2.93. The summed E-state index contributed by atoms with van der Waals surface area (Å²) in [4.78, 5) is 28.0. The molecule has 3 aromatic carbocycles. The average Bonchev–Trinajstić information content (AvgIpc) is 2.92. The molecule has 0 heterocycles. The van der Waals surface area contributed by atoms with Crippen molar-refractivity contribution in [2.24, 2.45) is 0 Å². The van der Waals surface area contributed by atoms with Crippen LogP contribution in [-0.4, -0.2) is 56.6 Å². The van der Waals surface area contributed by atoms with Crippen molar-refractivity contribution in [2.75, 3.05) is 23.7 Å². The number of anilines is 1. The molecule has 0 spiro atoms. The number of benzene rings is 3. The first-order valence-electron chi connectivity index (χ1n) is 13.0. The van der Waals surface area contributed by atoms with Crippen molar-refractivity contribution in [3.63, 3.8) is 0 Å². The van der Waals surface area contributed by atoms with Crippen molar-refractivity contribution in [2.45, 2.75) is 45.7 Å². The highest BCUT2D eigenvalue weighted by Gasteiger charge is 2.30. The summed E-state index contributed by atoms with van der Waals surface area (Å²) in [6.07, 6.45) is 2.34. The number of sulfonamides is 1. The van der Waals surface area contributed by atoms with Gasteiger partial charge < -0.3 is 15.0 Å². The smallest absolute Gasteiger partial charge is 0.244 e. The zero-order valence-electron chi connectivity index (χ0n) is 22.9. The Morgan fingerprint density at radius 3 is 2.00 bits per heavy atom. The van der Waals surface area contributed by atoms with Gasteiger partial charge in [0.2, 0.25) is 21.8 Å². The Morgan fingerprint density at radius 1 is 0.872 bits per heavy atom. The van der Waals surface area contributed by atoms with Gasteiger partial charge in [-0.2, -0.15) is 0 Å². The Kier molecular flexibility index (Phi) is 10.5. The second-order valence-electron chi connectivity index (χ2n) is 9.50. The molecule has 8 nitrogen and oxygen atoms in total. The van der Waals surface area contributed by atoms with Crippen LogP contribution in [0.4, 0.5) is 5.69 Å². The molecular formula is C30H37N3O5S. The Hall–Kier alpha value is -3.85. The zero-order chi connectivity index (χ0) is 28.4. The van der Waals surface area contributed by atoms with Crippen LogP contribution in [0.2, 0.25) is 0 Å². The van der Waals surface area contributed by atoms with Gasteiger partial charge in [-0.15, -0.1) is 0 Å². The molecule has 0 fully saturated rings. The van der Waals surface area contributed by atoms with Gasteiger partial charge in [0.1, 0.15) is 24.1 Å². The van der Waals surface area contributed by atoms with E-state index in [4.69, 9.17) is 4.74 Å². The number of nitrogens with one attached hydrogen (secondary N) is 1. The van der Waals surface area contributed by atoms with Crippen molar-refractivity contribution in [1.29, 1.82) is 0 Å². The predicted molar refractivity (Wildman–Crippen MR) is 154 cm³/mol. The molecule has 0 aliphatic heterocycles. The molecule has 3 aromatic rings. The van der Waals surface area contributed by atoms with Crippen molar-refractivity contribution in [1.82, 2.24) is 10.2 Å². The minimum Gasteiger partial charge on any atom is -0.457 e. The van der Waals surface area contributed by atoms with E-state index in [-0.39, 0.29) is 18.5 Å². The van der Waals surface area contributed by atoms with Gasteiger partial charge in [0.25, 0.3) is 0 Å². The Balaban J connectivity index is 1.81. The average molecular weight is 552 g/mol. The lowest BCUT2D eigenvalue weighted by Crippen LogP contribution is -2.53. The second-order valence-corrected chi connectivity index (χ2v) is 11.4. The number of hydrogen-bond donors (Lipinski definition) is 1. The van der Waals surface area contributed by atoms with E-state index in [1.807, 2.05) is 74.5 Å². The fraction of sp³-hybridized carbons (Fsp3) is 0.333. The number of ether oxygens (including phenoxy) is 1. The summed E-state index contributed by atoms with van der Waals surface area (Å²) in [6.45, 7) is 5.36. The highest BCUT2D eigenvalue weighted by Crippen LogP contribution is 2.25. The molecule has 0 aliphatic rings. The largest absolute Gasteiger partial charge is 0.457 e. The molecule has 0 unspecified atom stereocenters. The van der Waals surface area contributed by atoms with Crippen LogP contribution in [0.5, 0.6) is 11.5 Å². The second kappa shape index (κ2) is 13.8. The maximum atomic E-state index is 13.6. The van der Waals surface area contributed by atoms with E-state index >= 15 is 0 Å². The lowest BCUT2D eigenvalue weighted by atomic mass is 10.1. The fourth-order valence-corrected chi connectivity index (χ4v) is 4.80. The van der Waals surface area contributed by atoms with E-state index in [2.05, 4.69) is 5.32 Å². The Morgan fingerprint density at radius 2 is 1.44 bits per heavy atom. The van der Waals surface area contributed by atoms with Crippen LogP contribution < -0.4 is 14.4 Å². The van der Waals surface area contributed by atoms with E-state index in [0.29, 0.717) is 23.6 Å². The third-order valence-electron chi connectivity index (χ3n) is 6.44. The monoisotopic (exact) mass is 551 g/mol. The molecule has 9 heteroatoms. The third-order valence-corrected chi connectivity index (χ3v) is 7.58. The van der Waals surface area contributed by atoms with Crippen LogP contribution in [0.25, 0.3) is 0 Å². The molecule has 3 rings (SSSR count). The van der Waals surface area contributed by atoms with Crippen LogP contribution in [0.15, 0.2) is 84.9 Å². The minimum atomic E-state index is -3.81. The Labute approximate surface area is 231 Å². The van der Waals surface area contributed by atoms with Crippen LogP contribution in [0.1, 0.15) is 32.8 Å². The summed E-state index contributed by atoms with van der Waals surface area (Å²) < 4.78 is 32.4. The molecule has 208 valence electrons. The number of hydrogen-bond acceptors (Lipinski definition) is 5. The van der Waals surface area contributed by atoms with Gasteiger partial charge in [-0.05, 0) is 68.7 Å². The van der Waals surface area contributed by atoms with Gasteiger partial charge in [-0.3, -0.25) is 13.9 Å². The molecule has 39 heavy (non-hydrogen) atoms. The summed E-state index contributed by atoms with van der Waals surface area (Å²) in [7, 11) is -3.81. The first-order valence-corrected chi connectivity index (χ1v) is 14.9. The van der Waals surface area contributed by atoms with Gasteiger partial charge in [-0.25, -0.2) is 8.42 Å². The quantitative estimate of drug-likeness (QED) is 0.335. The van der Waals surface area contributed by atoms with Gasteiger partial charge in [0.05, 0.1) is 11.9 Å². The summed E-state index contributed by atoms with van der Waals surface area (Å²) in [5.41, 5.74) is 1.34. The fourth-order valence-electron chi connectivity index (χ4n) is 3.95. The molecule has 2 amide bonds. The van der Waals surface area contributed by atoms with E-state index in [1.165, 1.54) is 4.90 Å². The van der Waals surface area contributed by atoms with Crippen LogP contribution in [0, 0.1) is 0 Å². The van der Waals surface area contributed by atoms with E-state index in [9.17, 15) is 18.0 Å². The number of rotatable bonds is 13.